The van der Waals surface area contributed by atoms with Gasteiger partial charge in [0.15, 0.2) is 11.6 Å². The minimum atomic E-state index is -4.60. The molecule has 6 atom stereocenters. The van der Waals surface area contributed by atoms with Gasteiger partial charge in [-0.05, 0) is 77.2 Å². The van der Waals surface area contributed by atoms with Gasteiger partial charge >= 0.3 is 12.3 Å². The molecule has 0 radical (unpaired) electrons. The normalized spacial score (nSPS) is 25.8. The van der Waals surface area contributed by atoms with Gasteiger partial charge in [-0.15, -0.1) is 0 Å². The molecule has 15 nitrogen and oxygen atoms in total. The van der Waals surface area contributed by atoms with E-state index in [-0.39, 0.29) is 59.3 Å². The highest BCUT2D eigenvalue weighted by atomic mass is 32.2. The van der Waals surface area contributed by atoms with Gasteiger partial charge in [-0.1, -0.05) is 53.7 Å². The average molecular weight is 938 g/mol. The van der Waals surface area contributed by atoms with Crippen molar-refractivity contribution in [3.05, 3.63) is 36.2 Å². The number of rotatable bonds is 8. The number of nitrogens with two attached hydrogens (primary N) is 1. The van der Waals surface area contributed by atoms with E-state index in [2.05, 4.69) is 32.4 Å². The van der Waals surface area contributed by atoms with Gasteiger partial charge in [-0.25, -0.2) is 22.6 Å². The number of alkyl halides is 3. The van der Waals surface area contributed by atoms with Crippen LogP contribution in [0.4, 0.5) is 22.4 Å². The molecule has 366 valence electrons. The van der Waals surface area contributed by atoms with Gasteiger partial charge in [0, 0.05) is 40.6 Å². The minimum Gasteiger partial charge on any atom is -0.494 e. The molecule has 1 aromatic carbocycles. The Morgan fingerprint density at radius 2 is 1.64 bits per heavy atom. The van der Waals surface area contributed by atoms with Crippen molar-refractivity contribution in [1.29, 1.82) is 0 Å². The quantitative estimate of drug-likeness (QED) is 0.170. The second kappa shape index (κ2) is 21.4. The molecule has 64 heavy (non-hydrogen) atoms. The van der Waals surface area contributed by atoms with Crippen molar-refractivity contribution >= 4 is 44.7 Å². The highest BCUT2D eigenvalue weighted by molar-refractivity contribution is 7.91. The van der Waals surface area contributed by atoms with Gasteiger partial charge in [0.25, 0.3) is 5.91 Å². The second-order valence-corrected chi connectivity index (χ2v) is 19.1. The van der Waals surface area contributed by atoms with Crippen molar-refractivity contribution in [2.75, 3.05) is 20.8 Å². The molecule has 1 aromatic heterocycles. The summed E-state index contributed by atoms with van der Waals surface area (Å²) in [6.07, 6.45) is 1.09. The number of nitrogens with zero attached hydrogens (tertiary/aromatic N) is 2. The molecule has 0 unspecified atom stereocenters. The third-order valence-electron chi connectivity index (χ3n) is 11.6. The molecular formula is C44H71F4N5O10S. The van der Waals surface area contributed by atoms with E-state index < -0.39 is 73.9 Å². The Balaban J connectivity index is 0.00000212. The number of allylic oxidation sites excluding steroid dienone is 1. The lowest BCUT2D eigenvalue weighted by molar-refractivity contribution is -0.243. The number of pyridine rings is 1. The lowest BCUT2D eigenvalue weighted by Gasteiger charge is -2.28. The van der Waals surface area contributed by atoms with Crippen molar-refractivity contribution in [3.8, 4) is 17.4 Å². The molecule has 4 N–H and O–H groups in total. The van der Waals surface area contributed by atoms with Gasteiger partial charge in [0.05, 0.1) is 31.0 Å². The molecule has 4 amide bonds. The van der Waals surface area contributed by atoms with Crippen molar-refractivity contribution in [3.63, 3.8) is 0 Å². The van der Waals surface area contributed by atoms with Crippen LogP contribution < -0.4 is 30.0 Å². The van der Waals surface area contributed by atoms with Crippen molar-refractivity contribution < 1.29 is 68.4 Å². The largest absolute Gasteiger partial charge is 0.494 e. The molecule has 3 fully saturated rings. The molecule has 2 aromatic rings. The van der Waals surface area contributed by atoms with Crippen LogP contribution in [-0.2, 0) is 29.1 Å². The number of hydrogen-bond acceptors (Lipinski definition) is 11. The van der Waals surface area contributed by atoms with E-state index in [1.165, 1.54) is 37.3 Å². The summed E-state index contributed by atoms with van der Waals surface area (Å²) in [7, 11) is -1.16. The van der Waals surface area contributed by atoms with Crippen LogP contribution in [0.5, 0.6) is 17.4 Å². The number of ether oxygens (including phenoxy) is 4. The van der Waals surface area contributed by atoms with Crippen LogP contribution in [0.15, 0.2) is 30.4 Å². The van der Waals surface area contributed by atoms with Crippen LogP contribution in [0.25, 0.3) is 10.9 Å². The number of aromatic nitrogens is 1. The van der Waals surface area contributed by atoms with Crippen molar-refractivity contribution in [1.82, 2.24) is 19.9 Å². The first-order valence-electron chi connectivity index (χ1n) is 21.6. The Bertz CT molecular complexity index is 2150. The molecule has 6 rings (SSSR count). The molecule has 0 spiro atoms. The van der Waals surface area contributed by atoms with E-state index in [9.17, 15) is 45.2 Å². The summed E-state index contributed by atoms with van der Waals surface area (Å²) in [5.41, 5.74) is 0.799. The number of methoxy groups -OCH3 is 2. The predicted octanol–water partition coefficient (Wildman–Crippen LogP) is 8.23. The number of sulfonamides is 1. The first kappa shape index (κ1) is 53.5. The van der Waals surface area contributed by atoms with Gasteiger partial charge in [0.2, 0.25) is 33.3 Å². The third-order valence-corrected chi connectivity index (χ3v) is 13.7. The highest BCUT2D eigenvalue weighted by Crippen LogP contribution is 2.48. The number of carbonyl (C=O) groups excluding carboxylic acids is 4. The molecule has 2 aliphatic heterocycles. The number of carbonyl (C=O) groups is 4. The van der Waals surface area contributed by atoms with Crippen LogP contribution in [-0.4, -0.2) is 97.1 Å². The summed E-state index contributed by atoms with van der Waals surface area (Å²) in [6.45, 7) is 15.3. The summed E-state index contributed by atoms with van der Waals surface area (Å²) in [6, 6.07) is 3.22. The molecule has 0 bridgehead atoms. The SMILES string of the molecule is CC.CC.CC(C)(OC(N)=O)C(F)(F)F.COc1cc(O[C@@H]2C[C@H]3C(=O)N[C@]4(C(=O)NS(=O)(=O)C5(C)CC5)C[C@H]4/C=C\CC[C@@H](C)C[C@@H](C)CC(=O)N3C2)c2cc(F)c(OC)cc2n1.[HH].[HH].[HH]. The second-order valence-electron chi connectivity index (χ2n) is 16.9. The van der Waals surface area contributed by atoms with Crippen LogP contribution in [0, 0.1) is 23.6 Å². The predicted molar refractivity (Wildman–Crippen MR) is 239 cm³/mol. The first-order valence-corrected chi connectivity index (χ1v) is 23.1. The van der Waals surface area contributed by atoms with Crippen LogP contribution >= 0.6 is 0 Å². The zero-order chi connectivity index (χ0) is 48.6. The Kier molecular flexibility index (Phi) is 17.9. The van der Waals surface area contributed by atoms with E-state index in [0.717, 1.165) is 33.1 Å². The standard InChI is InChI=1S/C35H45FN4O8S.C5H8F3NO2.2C2H6.3H2/c1-20-8-6-7-9-22-18-35(22,33(43)39-49(44,45)34(3)10-11-34)38-32(42)27-14-23(19-40(27)31(41)13-21(2)12-20)48-28-17-30(47-5)37-26-16-29(46-4)25(36)15-24(26)28;1-4(2,5(6,7)8)11-3(9)10;2*1-2;;;/h7,9,15-17,20-23,27H,6,8,10-14,18-19H2,1-5H3,(H,38,42)(H,39,43);1-2H3,(H2,9,10);2*1-2H3;3*1H/b9-7-;;;;;;/t20-,21-,22-,23-,27+,35-;;;;;;/m1....../s1. The molecule has 2 aliphatic carbocycles. The maximum absolute atomic E-state index is 14.8. The summed E-state index contributed by atoms with van der Waals surface area (Å²) >= 11 is 0. The van der Waals surface area contributed by atoms with Crippen LogP contribution in [0.2, 0.25) is 0 Å². The number of hydrogen-bond donors (Lipinski definition) is 3. The zero-order valence-electron chi connectivity index (χ0n) is 38.6. The molecule has 3 heterocycles. The minimum absolute atomic E-state index is 0. The fourth-order valence-corrected chi connectivity index (χ4v) is 8.75. The van der Waals surface area contributed by atoms with Crippen molar-refractivity contribution in [2.24, 2.45) is 23.5 Å². The molecule has 1 saturated heterocycles. The van der Waals surface area contributed by atoms with Gasteiger partial charge in [-0.2, -0.15) is 13.2 Å². The summed E-state index contributed by atoms with van der Waals surface area (Å²) in [5.74, 6) is -1.69. The van der Waals surface area contributed by atoms with Crippen LogP contribution in [0.3, 0.4) is 0 Å². The van der Waals surface area contributed by atoms with E-state index in [1.807, 2.05) is 46.8 Å². The summed E-state index contributed by atoms with van der Waals surface area (Å²) in [4.78, 5) is 57.6. The zero-order valence-corrected chi connectivity index (χ0v) is 39.4. The topological polar surface area (TPSA) is 206 Å². The Labute approximate surface area is 378 Å². The lowest BCUT2D eigenvalue weighted by atomic mass is 9.91. The number of benzene rings is 1. The maximum atomic E-state index is 14.8. The van der Waals surface area contributed by atoms with Gasteiger partial charge < -0.3 is 34.9 Å². The number of primary amides is 1. The summed E-state index contributed by atoms with van der Waals surface area (Å²) < 4.78 is 98.4. The Morgan fingerprint density at radius 3 is 2.19 bits per heavy atom. The van der Waals surface area contributed by atoms with E-state index >= 15 is 0 Å². The average Bonchev–Trinajstić information content (AvgIpc) is 4.10. The smallest absolute Gasteiger partial charge is 0.427 e. The van der Waals surface area contributed by atoms with E-state index in [1.54, 1.807) is 6.92 Å². The van der Waals surface area contributed by atoms with Crippen molar-refractivity contribution in [2.45, 2.75) is 148 Å². The van der Waals surface area contributed by atoms with Gasteiger partial charge in [-0.3, -0.25) is 19.1 Å². The first-order chi connectivity index (χ1) is 29.8. The van der Waals surface area contributed by atoms with E-state index in [0.29, 0.717) is 29.7 Å². The maximum Gasteiger partial charge on any atom is 0.427 e. The highest BCUT2D eigenvalue weighted by Gasteiger charge is 2.63. The number of amides is 4. The number of nitrogens with one attached hydrogen (secondary N) is 2. The number of fused-ring (bicyclic) bond motifs is 3. The molecular weight excluding hydrogens is 867 g/mol. The lowest BCUT2D eigenvalue weighted by Crippen LogP contribution is -2.57. The fourth-order valence-electron chi connectivity index (χ4n) is 7.44. The third kappa shape index (κ3) is 12.7. The summed E-state index contributed by atoms with van der Waals surface area (Å²) in [5, 5.41) is 3.24. The molecule has 2 saturated carbocycles. The molecule has 20 heteroatoms. The monoisotopic (exact) mass is 937 g/mol. The fraction of sp³-hybridized carbons (Fsp3) is 0.659. The van der Waals surface area contributed by atoms with Crippen LogP contribution in [0.1, 0.15) is 118 Å². The Morgan fingerprint density at radius 1 is 1.00 bits per heavy atom. The Hall–Kier alpha value is -4.88. The molecule has 4 aliphatic rings. The van der Waals surface area contributed by atoms with Gasteiger partial charge in [0.1, 0.15) is 23.4 Å². The number of halogens is 4. The van der Waals surface area contributed by atoms with E-state index in [4.69, 9.17) is 14.2 Å².